The lowest BCUT2D eigenvalue weighted by atomic mass is 10.0. The number of hydrogen-bond donors (Lipinski definition) is 6. The zero-order chi connectivity index (χ0) is 42.7. The van der Waals surface area contributed by atoms with Crippen LogP contribution in [0.3, 0.4) is 0 Å². The van der Waals surface area contributed by atoms with Crippen molar-refractivity contribution in [1.82, 2.24) is 10.3 Å². The molecule has 1 atom stereocenters. The van der Waals surface area contributed by atoms with Gasteiger partial charge in [0.25, 0.3) is 0 Å². The summed E-state index contributed by atoms with van der Waals surface area (Å²) in [7, 11) is 4.37. The highest BCUT2D eigenvalue weighted by Gasteiger charge is 2.29. The number of carbonyl (C=O) groups is 3. The number of piperidine rings is 1. The molecule has 1 aliphatic heterocycles. The average Bonchev–Trinajstić information content (AvgIpc) is 3.19. The summed E-state index contributed by atoms with van der Waals surface area (Å²) < 4.78 is 38.3. The Morgan fingerprint density at radius 2 is 1.63 bits per heavy atom. The van der Waals surface area contributed by atoms with E-state index in [9.17, 15) is 37.8 Å². The highest BCUT2D eigenvalue weighted by atomic mass is 19.4. The number of likely N-dealkylation sites (tertiary alicyclic amines) is 1. The van der Waals surface area contributed by atoms with E-state index in [2.05, 4.69) is 35.0 Å². The lowest BCUT2D eigenvalue weighted by molar-refractivity contribution is -0.896. The number of nitrogens with zero attached hydrogens (tertiary/aromatic N) is 1. The zero-order valence-corrected chi connectivity index (χ0v) is 32.2. The third kappa shape index (κ3) is 12.8. The van der Waals surface area contributed by atoms with Gasteiger partial charge in [0, 0.05) is 54.7 Å². The summed E-state index contributed by atoms with van der Waals surface area (Å²) in [5.74, 6) is -3.38. The summed E-state index contributed by atoms with van der Waals surface area (Å²) >= 11 is 0. The number of H-pyrrole nitrogens is 1. The smallest absolute Gasteiger partial charge is 0.430 e. The molecule has 1 saturated heterocycles. The van der Waals surface area contributed by atoms with Crippen molar-refractivity contribution in [1.29, 1.82) is 0 Å². The van der Waals surface area contributed by atoms with Crippen molar-refractivity contribution in [2.24, 2.45) is 0 Å². The van der Waals surface area contributed by atoms with Gasteiger partial charge in [-0.15, -0.1) is 0 Å². The van der Waals surface area contributed by atoms with E-state index < -0.39 is 24.3 Å². The molecule has 0 saturated carbocycles. The summed E-state index contributed by atoms with van der Waals surface area (Å²) in [6.07, 6.45) is -1.90. The number of ether oxygens (including phenoxy) is 1. The van der Waals surface area contributed by atoms with Crippen molar-refractivity contribution in [3.8, 4) is 16.9 Å². The third-order valence-electron chi connectivity index (χ3n) is 9.56. The highest BCUT2D eigenvalue weighted by molar-refractivity contribution is 6.02. The second-order valence-electron chi connectivity index (χ2n) is 14.5. The van der Waals surface area contributed by atoms with Crippen molar-refractivity contribution in [2.45, 2.75) is 37.8 Å². The summed E-state index contributed by atoms with van der Waals surface area (Å²) in [4.78, 5) is 48.9. The maximum Gasteiger partial charge on any atom is 0.430 e. The van der Waals surface area contributed by atoms with Crippen molar-refractivity contribution < 1.29 is 52.1 Å². The van der Waals surface area contributed by atoms with Gasteiger partial charge in [-0.3, -0.25) is 14.9 Å². The van der Waals surface area contributed by atoms with Crippen LogP contribution >= 0.6 is 0 Å². The average molecular weight is 816 g/mol. The largest absolute Gasteiger partial charge is 0.542 e. The van der Waals surface area contributed by atoms with Crippen LogP contribution in [-0.2, 0) is 20.9 Å². The highest BCUT2D eigenvalue weighted by Crippen LogP contribution is 2.31. The second kappa shape index (κ2) is 19.3. The lowest BCUT2D eigenvalue weighted by Crippen LogP contribution is -2.48. The van der Waals surface area contributed by atoms with Crippen LogP contribution in [0.1, 0.15) is 35.6 Å². The van der Waals surface area contributed by atoms with Gasteiger partial charge in [0.2, 0.25) is 11.5 Å². The number of amides is 2. The molecule has 16 heteroatoms. The number of phenolic OH excluding ortho intramolecular Hbond substituents is 1. The number of carboxylic acids is 1. The first kappa shape index (κ1) is 43.6. The Kier molecular flexibility index (Phi) is 14.3. The molecule has 5 aromatic rings. The number of fused-ring (bicyclic) bond motifs is 1. The first-order valence-corrected chi connectivity index (χ1v) is 18.6. The number of aromatic hydroxyl groups is 1. The van der Waals surface area contributed by atoms with E-state index in [-0.39, 0.29) is 35.4 Å². The van der Waals surface area contributed by atoms with Gasteiger partial charge < -0.3 is 45.0 Å². The fourth-order valence-corrected chi connectivity index (χ4v) is 6.36. The van der Waals surface area contributed by atoms with E-state index in [0.29, 0.717) is 28.9 Å². The number of quaternary nitrogens is 1. The maximum atomic E-state index is 13.0. The van der Waals surface area contributed by atoms with Gasteiger partial charge in [0.15, 0.2) is 0 Å². The molecular formula is C43H44F3N5O8. The number of aromatic nitrogens is 1. The summed E-state index contributed by atoms with van der Waals surface area (Å²) in [5, 5.41) is 39.3. The van der Waals surface area contributed by atoms with E-state index >= 15 is 0 Å². The van der Waals surface area contributed by atoms with Crippen LogP contribution in [-0.4, -0.2) is 83.7 Å². The predicted octanol–water partition coefficient (Wildman–Crippen LogP) is 5.46. The number of benzene rings is 4. The van der Waals surface area contributed by atoms with E-state index in [1.165, 1.54) is 18.2 Å². The van der Waals surface area contributed by atoms with Crippen LogP contribution in [0.4, 0.5) is 29.3 Å². The number of rotatable bonds is 11. The number of phenols is 1. The van der Waals surface area contributed by atoms with E-state index in [1.807, 2.05) is 60.7 Å². The van der Waals surface area contributed by atoms with Crippen molar-refractivity contribution in [3.05, 3.63) is 130 Å². The van der Waals surface area contributed by atoms with Crippen LogP contribution in [0.5, 0.6) is 5.75 Å². The number of anilines is 2. The lowest BCUT2D eigenvalue weighted by Gasteiger charge is -2.36. The fourth-order valence-electron chi connectivity index (χ4n) is 6.36. The molecule has 0 radical (unpaired) electrons. The number of aliphatic carboxylic acids is 1. The number of carboxylic acid groups (broad SMARTS) is 1. The molecule has 13 nitrogen and oxygen atoms in total. The van der Waals surface area contributed by atoms with Crippen LogP contribution < -0.4 is 26.6 Å². The molecule has 4 aromatic carbocycles. The Balaban J connectivity index is 0.000000867. The molecule has 0 aliphatic carbocycles. The summed E-state index contributed by atoms with van der Waals surface area (Å²) in [5.41, 5.74) is 5.23. The standard InChI is InChI=1S/C41H43N5O6.C2HF3O2/c1-46(2)22-20-31(21-23-46)52-41(51)44-35-24-27(10-14-32(35)29-6-4-3-5-7-29)11-18-38(49)43-30-12-8-28(9-13-30)25-42-26-37(48)33-15-17-36(47)40-34(33)16-19-39(50)45-40;3-2(4,5)1(6)7/h3-19,24,31,37,42,48H,20-23,25-26H2,1-2H3,(H3-,43,44,45,47,49,50,51);(H,6,7)/b18-11+;/t37-;/m0./s1. The number of carbonyl (C=O) groups excluding carboxylic acids is 3. The minimum absolute atomic E-state index is 0.0595. The summed E-state index contributed by atoms with van der Waals surface area (Å²) in [6, 6.07) is 28.8. The van der Waals surface area contributed by atoms with Gasteiger partial charge in [-0.1, -0.05) is 60.7 Å². The van der Waals surface area contributed by atoms with Crippen molar-refractivity contribution in [2.75, 3.05) is 44.4 Å². The molecule has 310 valence electrons. The molecule has 0 spiro atoms. The Hall–Kier alpha value is -6.49. The van der Waals surface area contributed by atoms with Crippen molar-refractivity contribution in [3.63, 3.8) is 0 Å². The third-order valence-corrected chi connectivity index (χ3v) is 9.56. The number of aromatic amines is 1. The van der Waals surface area contributed by atoms with Crippen molar-refractivity contribution >= 4 is 46.3 Å². The van der Waals surface area contributed by atoms with Gasteiger partial charge >= 0.3 is 12.3 Å². The quantitative estimate of drug-likeness (QED) is 0.0742. The van der Waals surface area contributed by atoms with Gasteiger partial charge in [0.1, 0.15) is 17.8 Å². The molecule has 6 N–H and O–H groups in total. The first-order valence-electron chi connectivity index (χ1n) is 18.6. The maximum absolute atomic E-state index is 13.0. The van der Waals surface area contributed by atoms with Gasteiger partial charge in [-0.05, 0) is 58.7 Å². The Morgan fingerprint density at radius 3 is 2.29 bits per heavy atom. The van der Waals surface area contributed by atoms with Crippen LogP contribution in [0.2, 0.25) is 0 Å². The normalized spacial score (nSPS) is 14.5. The van der Waals surface area contributed by atoms with Crippen LogP contribution in [0.15, 0.2) is 108 Å². The number of pyridine rings is 1. The molecule has 2 amide bonds. The van der Waals surface area contributed by atoms with Gasteiger partial charge in [0.05, 0.1) is 44.5 Å². The van der Waals surface area contributed by atoms with Gasteiger partial charge in [-0.25, -0.2) is 4.79 Å². The Labute approximate surface area is 337 Å². The molecule has 0 bridgehead atoms. The van der Waals surface area contributed by atoms with Crippen LogP contribution in [0.25, 0.3) is 28.1 Å². The van der Waals surface area contributed by atoms with E-state index in [1.54, 1.807) is 30.3 Å². The Morgan fingerprint density at radius 1 is 0.949 bits per heavy atom. The molecule has 2 heterocycles. The fraction of sp³-hybridized carbons (Fsp3) is 0.256. The molecule has 1 fully saturated rings. The minimum Gasteiger partial charge on any atom is -0.542 e. The topological polar surface area (TPSA) is 193 Å². The van der Waals surface area contributed by atoms with Gasteiger partial charge in [-0.2, -0.15) is 13.2 Å². The SMILES string of the molecule is C[N+]1(C)CCC(OC(=O)Nc2cc(/C=C/C(=O)Nc3ccc(CNC[C@H](O)c4ccc(O)c5[nH]c(=O)ccc45)cc3)ccc2-c2ccccc2)CC1.O=C([O-])C(F)(F)F. The monoisotopic (exact) mass is 815 g/mol. The molecular weight excluding hydrogens is 771 g/mol. The zero-order valence-electron chi connectivity index (χ0n) is 32.2. The predicted molar refractivity (Wildman–Crippen MR) is 215 cm³/mol. The second-order valence-corrected chi connectivity index (χ2v) is 14.5. The number of aliphatic hydroxyl groups is 1. The molecule has 6 rings (SSSR count). The Bertz CT molecular complexity index is 2340. The molecule has 1 aliphatic rings. The van der Waals surface area contributed by atoms with E-state index in [4.69, 9.17) is 14.6 Å². The number of alkyl halides is 3. The number of halogens is 3. The minimum atomic E-state index is -5.19. The molecule has 0 unspecified atom stereocenters. The van der Waals surface area contributed by atoms with E-state index in [0.717, 1.165) is 52.7 Å². The molecule has 1 aromatic heterocycles. The van der Waals surface area contributed by atoms with Crippen LogP contribution in [0, 0.1) is 0 Å². The summed E-state index contributed by atoms with van der Waals surface area (Å²) in [6.45, 7) is 2.62. The first-order chi connectivity index (χ1) is 28.0. The number of hydrogen-bond acceptors (Lipinski definition) is 9. The number of nitrogens with one attached hydrogen (secondary N) is 4. The molecule has 59 heavy (non-hydrogen) atoms. The number of aliphatic hydroxyl groups excluding tert-OH is 1.